The first-order valence-electron chi connectivity index (χ1n) is 13.6. The van der Waals surface area contributed by atoms with E-state index in [0.29, 0.717) is 12.1 Å². The Balaban J connectivity index is 1.75. The Morgan fingerprint density at radius 1 is 1.08 bits per heavy atom. The summed E-state index contributed by atoms with van der Waals surface area (Å²) in [6, 6.07) is 12.6. The quantitative estimate of drug-likeness (QED) is 0.341. The number of nitrogens with zero attached hydrogens (tertiary/aromatic N) is 1. The number of fused-ring (bicyclic) bond motifs is 1. The van der Waals surface area contributed by atoms with E-state index < -0.39 is 17.7 Å². The highest BCUT2D eigenvalue weighted by Crippen LogP contribution is 2.40. The van der Waals surface area contributed by atoms with E-state index in [1.165, 1.54) is 4.90 Å². The summed E-state index contributed by atoms with van der Waals surface area (Å²) in [5.74, 6) is -0.865. The predicted molar refractivity (Wildman–Crippen MR) is 143 cm³/mol. The van der Waals surface area contributed by atoms with Gasteiger partial charge in [-0.05, 0) is 60.6 Å². The molecule has 0 spiro atoms. The number of hydrogen-bond donors (Lipinski definition) is 1. The number of amides is 1. The average Bonchev–Trinajstić information content (AvgIpc) is 3.36. The lowest BCUT2D eigenvalue weighted by Gasteiger charge is -2.29. The highest BCUT2D eigenvalue weighted by molar-refractivity contribution is 6.46. The van der Waals surface area contributed by atoms with Crippen molar-refractivity contribution in [3.05, 3.63) is 70.3 Å². The summed E-state index contributed by atoms with van der Waals surface area (Å²) in [4.78, 5) is 29.7. The summed E-state index contributed by atoms with van der Waals surface area (Å²) in [7, 11) is 0. The Kier molecular flexibility index (Phi) is 7.79. The van der Waals surface area contributed by atoms with Crippen LogP contribution in [0.4, 0.5) is 0 Å². The van der Waals surface area contributed by atoms with Gasteiger partial charge in [-0.2, -0.15) is 0 Å². The molecule has 2 aromatic carbocycles. The molecule has 2 atom stereocenters. The van der Waals surface area contributed by atoms with E-state index in [-0.39, 0.29) is 22.9 Å². The fourth-order valence-electron chi connectivity index (χ4n) is 5.43. The zero-order valence-corrected chi connectivity index (χ0v) is 23.0. The molecule has 0 saturated carbocycles. The van der Waals surface area contributed by atoms with Gasteiger partial charge in [-0.25, -0.2) is 0 Å². The van der Waals surface area contributed by atoms with E-state index in [4.69, 9.17) is 4.74 Å². The lowest BCUT2D eigenvalue weighted by Crippen LogP contribution is -3.11. The Bertz CT molecular complexity index is 1190. The van der Waals surface area contributed by atoms with Crippen molar-refractivity contribution in [2.75, 3.05) is 26.2 Å². The van der Waals surface area contributed by atoms with Crippen LogP contribution in [0.15, 0.2) is 48.0 Å². The molecule has 2 aliphatic heterocycles. The molecule has 198 valence electrons. The Morgan fingerprint density at radius 3 is 2.38 bits per heavy atom. The maximum atomic E-state index is 13.8. The second-order valence-electron chi connectivity index (χ2n) is 11.4. The van der Waals surface area contributed by atoms with Crippen molar-refractivity contribution in [2.45, 2.75) is 71.9 Å². The van der Waals surface area contributed by atoms with Crippen LogP contribution in [0.2, 0.25) is 0 Å². The Morgan fingerprint density at radius 2 is 1.76 bits per heavy atom. The molecular formula is C31H40N2O4. The maximum absolute atomic E-state index is 13.8. The monoisotopic (exact) mass is 504 g/mol. The van der Waals surface area contributed by atoms with Crippen molar-refractivity contribution in [1.82, 2.24) is 4.90 Å². The van der Waals surface area contributed by atoms with E-state index in [2.05, 4.69) is 34.6 Å². The molecule has 2 aliphatic rings. The third kappa shape index (κ3) is 5.45. The van der Waals surface area contributed by atoms with Crippen molar-refractivity contribution in [3.63, 3.8) is 0 Å². The number of carbonyl (C=O) groups excluding carboxylic acids is 2. The van der Waals surface area contributed by atoms with Gasteiger partial charge in [0, 0.05) is 25.0 Å². The summed E-state index contributed by atoms with van der Waals surface area (Å²) < 4.78 is 5.78. The number of carbonyl (C=O) groups is 2. The topological polar surface area (TPSA) is 74.1 Å². The van der Waals surface area contributed by atoms with Crippen LogP contribution in [0, 0.1) is 0 Å². The predicted octanol–water partition coefficient (Wildman–Crippen LogP) is 2.85. The van der Waals surface area contributed by atoms with Gasteiger partial charge >= 0.3 is 0 Å². The Labute approximate surface area is 220 Å². The average molecular weight is 505 g/mol. The lowest BCUT2D eigenvalue weighted by atomic mass is 9.85. The van der Waals surface area contributed by atoms with Gasteiger partial charge in [-0.1, -0.05) is 56.9 Å². The first kappa shape index (κ1) is 26.9. The van der Waals surface area contributed by atoms with Gasteiger partial charge in [0.15, 0.2) is 0 Å². The smallest absolute Gasteiger partial charge is 0.295 e. The number of benzene rings is 2. The molecule has 6 nitrogen and oxygen atoms in total. The number of hydrogen-bond acceptors (Lipinski definition) is 4. The van der Waals surface area contributed by atoms with Gasteiger partial charge in [0.05, 0.1) is 25.7 Å². The minimum atomic E-state index is -0.685. The van der Waals surface area contributed by atoms with E-state index >= 15 is 0 Å². The summed E-state index contributed by atoms with van der Waals surface area (Å²) in [6.07, 6.45) is 1.54. The fourth-order valence-corrected chi connectivity index (χ4v) is 5.43. The van der Waals surface area contributed by atoms with Crippen molar-refractivity contribution in [2.24, 2.45) is 0 Å². The molecule has 1 fully saturated rings. The lowest BCUT2D eigenvalue weighted by molar-refractivity contribution is -0.896. The van der Waals surface area contributed by atoms with Crippen molar-refractivity contribution in [1.29, 1.82) is 0 Å². The second kappa shape index (κ2) is 10.7. The normalized spacial score (nSPS) is 21.0. The molecule has 6 heteroatoms. The van der Waals surface area contributed by atoms with Crippen molar-refractivity contribution in [3.8, 4) is 5.75 Å². The number of rotatable bonds is 8. The molecule has 0 bridgehead atoms. The fraction of sp³-hybridized carbons (Fsp3) is 0.484. The van der Waals surface area contributed by atoms with Gasteiger partial charge in [0.1, 0.15) is 11.9 Å². The van der Waals surface area contributed by atoms with Gasteiger partial charge in [0.2, 0.25) is 5.78 Å². The number of ketones is 1. The van der Waals surface area contributed by atoms with Crippen LogP contribution in [0.3, 0.4) is 0 Å². The molecule has 4 rings (SSSR count). The molecule has 2 unspecified atom stereocenters. The van der Waals surface area contributed by atoms with E-state index in [1.54, 1.807) is 17.0 Å². The van der Waals surface area contributed by atoms with E-state index in [9.17, 15) is 14.7 Å². The minimum Gasteiger partial charge on any atom is -0.872 e. The van der Waals surface area contributed by atoms with Crippen LogP contribution in [-0.2, 0) is 21.4 Å². The van der Waals surface area contributed by atoms with Crippen LogP contribution in [-0.4, -0.2) is 48.9 Å². The summed E-state index contributed by atoms with van der Waals surface area (Å²) >= 11 is 0. The first-order chi connectivity index (χ1) is 17.5. The van der Waals surface area contributed by atoms with Crippen LogP contribution in [0.1, 0.15) is 76.3 Å². The third-order valence-corrected chi connectivity index (χ3v) is 7.71. The molecule has 1 saturated heterocycles. The number of ether oxygens (including phenoxy) is 1. The van der Waals surface area contributed by atoms with Crippen LogP contribution in [0.5, 0.6) is 5.75 Å². The third-order valence-electron chi connectivity index (χ3n) is 7.71. The maximum Gasteiger partial charge on any atom is 0.295 e. The molecule has 2 heterocycles. The van der Waals surface area contributed by atoms with E-state index in [0.717, 1.165) is 54.9 Å². The molecule has 1 amide bonds. The van der Waals surface area contributed by atoms with Crippen molar-refractivity contribution < 1.29 is 24.3 Å². The molecule has 0 aliphatic carbocycles. The highest BCUT2D eigenvalue weighted by atomic mass is 16.5. The minimum absolute atomic E-state index is 0.0297. The van der Waals surface area contributed by atoms with Gasteiger partial charge < -0.3 is 19.6 Å². The standard InChI is InChI=1S/C31H40N2O4/c1-7-32(8-2)16-9-17-33-27(21-10-13-24(14-11-21)31(4,5)6)26(29(35)30(33)36)28(34)22-12-15-25-23(19-22)18-20(3)37-25/h10-15,19-20,27,34H,7-9,16-18H2,1-6H3/b28-26+. The summed E-state index contributed by atoms with van der Waals surface area (Å²) in [6.45, 7) is 16.1. The zero-order chi connectivity index (χ0) is 26.9. The molecular weight excluding hydrogens is 464 g/mol. The van der Waals surface area contributed by atoms with Crippen LogP contribution < -0.4 is 14.7 Å². The second-order valence-corrected chi connectivity index (χ2v) is 11.4. The van der Waals surface area contributed by atoms with E-state index in [1.807, 2.05) is 37.3 Å². The van der Waals surface area contributed by atoms with Crippen molar-refractivity contribution >= 4 is 17.4 Å². The number of quaternary nitrogens is 1. The first-order valence-corrected chi connectivity index (χ1v) is 13.6. The number of likely N-dealkylation sites (tertiary alicyclic amines) is 1. The van der Waals surface area contributed by atoms with Gasteiger partial charge in [-0.15, -0.1) is 0 Å². The highest BCUT2D eigenvalue weighted by Gasteiger charge is 2.44. The molecule has 0 aromatic heterocycles. The summed E-state index contributed by atoms with van der Waals surface area (Å²) in [5, 5.41) is 13.8. The SMILES string of the molecule is CC[NH+](CC)CCCN1C(=O)C(=O)/C(=C(/[O-])c2ccc3c(c2)CC(C)O3)C1c1ccc(C(C)(C)C)cc1. The van der Waals surface area contributed by atoms with Crippen LogP contribution in [0.25, 0.3) is 5.76 Å². The largest absolute Gasteiger partial charge is 0.872 e. The van der Waals surface area contributed by atoms with Gasteiger partial charge in [-0.3, -0.25) is 9.59 Å². The van der Waals surface area contributed by atoms with Gasteiger partial charge in [0.25, 0.3) is 5.91 Å². The molecule has 0 radical (unpaired) electrons. The summed E-state index contributed by atoms with van der Waals surface area (Å²) in [5.41, 5.74) is 3.36. The Hall–Kier alpha value is -3.12. The molecule has 37 heavy (non-hydrogen) atoms. The zero-order valence-electron chi connectivity index (χ0n) is 23.0. The number of Topliss-reactive ketones (excluding diaryl/α,β-unsaturated/α-hetero) is 1. The molecule has 2 aromatic rings. The number of nitrogens with one attached hydrogen (secondary N) is 1. The van der Waals surface area contributed by atoms with Crippen LogP contribution >= 0.6 is 0 Å². The molecule has 1 N–H and O–H groups in total.